The molecule has 0 bridgehead atoms. The fourth-order valence-corrected chi connectivity index (χ4v) is 1.98. The van der Waals surface area contributed by atoms with Gasteiger partial charge in [-0.05, 0) is 24.3 Å². The van der Waals surface area contributed by atoms with Gasteiger partial charge in [0.05, 0.1) is 16.8 Å². The van der Waals surface area contributed by atoms with Crippen LogP contribution in [0.25, 0.3) is 0 Å². The van der Waals surface area contributed by atoms with Gasteiger partial charge >= 0.3 is 0 Å². The van der Waals surface area contributed by atoms with Gasteiger partial charge < -0.3 is 9.15 Å². The first kappa shape index (κ1) is 13.9. The zero-order valence-corrected chi connectivity index (χ0v) is 12.0. The van der Waals surface area contributed by atoms with Gasteiger partial charge in [0.2, 0.25) is 0 Å². The summed E-state index contributed by atoms with van der Waals surface area (Å²) in [7, 11) is 0. The van der Waals surface area contributed by atoms with E-state index in [1.807, 2.05) is 5.43 Å². The van der Waals surface area contributed by atoms with Gasteiger partial charge in [-0.1, -0.05) is 27.5 Å². The van der Waals surface area contributed by atoms with Crippen LogP contribution in [0.15, 0.2) is 39.4 Å². The van der Waals surface area contributed by atoms with Crippen LogP contribution in [-0.2, 0) is 6.61 Å². The average Bonchev–Trinajstić information content (AvgIpc) is 2.87. The van der Waals surface area contributed by atoms with Gasteiger partial charge in [0.25, 0.3) is 5.91 Å². The normalized spacial score (nSPS) is 10.3. The maximum atomic E-state index is 11.4. The third-order valence-corrected chi connectivity index (χ3v) is 3.18. The van der Waals surface area contributed by atoms with Crippen molar-refractivity contribution >= 4 is 33.4 Å². The number of hydrogen-bond acceptors (Lipinski definition) is 4. The average molecular weight is 346 g/mol. The van der Waals surface area contributed by atoms with E-state index in [0.29, 0.717) is 22.1 Å². The molecule has 0 saturated heterocycles. The summed E-state index contributed by atoms with van der Waals surface area (Å²) in [5.74, 6) is 5.50. The van der Waals surface area contributed by atoms with E-state index in [-0.39, 0.29) is 6.61 Å². The second-order valence-electron chi connectivity index (χ2n) is 3.59. The van der Waals surface area contributed by atoms with Gasteiger partial charge in [-0.15, -0.1) is 0 Å². The molecular formula is C12H10BrClN2O3. The monoisotopic (exact) mass is 344 g/mol. The minimum atomic E-state index is -0.437. The molecule has 0 spiro atoms. The fourth-order valence-electron chi connectivity index (χ4n) is 1.46. The first-order chi connectivity index (χ1) is 9.11. The predicted molar refractivity (Wildman–Crippen MR) is 73.8 cm³/mol. The number of halogens is 2. The molecule has 3 N–H and O–H groups in total. The third-order valence-electron chi connectivity index (χ3n) is 2.37. The Morgan fingerprint density at radius 2 is 2.26 bits per heavy atom. The molecule has 0 radical (unpaired) electrons. The molecule has 100 valence electrons. The van der Waals surface area contributed by atoms with Gasteiger partial charge in [-0.2, -0.15) is 0 Å². The van der Waals surface area contributed by atoms with Crippen molar-refractivity contribution in [2.75, 3.05) is 0 Å². The highest BCUT2D eigenvalue weighted by Crippen LogP contribution is 2.28. The number of nitrogens with one attached hydrogen (secondary N) is 1. The van der Waals surface area contributed by atoms with Crippen molar-refractivity contribution < 1.29 is 13.9 Å². The Bertz CT molecular complexity index is 600. The minimum Gasteiger partial charge on any atom is -0.484 e. The number of benzene rings is 1. The number of carbonyl (C=O) groups excluding carboxylic acids is 1. The Labute approximate surface area is 122 Å². The maximum Gasteiger partial charge on any atom is 0.268 e. The van der Waals surface area contributed by atoms with E-state index >= 15 is 0 Å². The highest BCUT2D eigenvalue weighted by molar-refractivity contribution is 9.10. The number of rotatable bonds is 4. The lowest BCUT2D eigenvalue weighted by Gasteiger charge is -2.08. The summed E-state index contributed by atoms with van der Waals surface area (Å²) in [4.78, 5) is 11.4. The molecule has 0 saturated carbocycles. The second-order valence-corrected chi connectivity index (χ2v) is 4.92. The Balaban J connectivity index is 2.13. The smallest absolute Gasteiger partial charge is 0.268 e. The van der Waals surface area contributed by atoms with Crippen LogP contribution < -0.4 is 16.0 Å². The Morgan fingerprint density at radius 3 is 3.00 bits per heavy atom. The van der Waals surface area contributed by atoms with Crippen LogP contribution in [0.1, 0.15) is 16.1 Å². The molecule has 1 aromatic carbocycles. The molecular weight excluding hydrogens is 336 g/mol. The molecule has 1 amide bonds. The number of nitrogen functional groups attached to an aromatic ring is 1. The zero-order chi connectivity index (χ0) is 13.8. The van der Waals surface area contributed by atoms with Crippen molar-refractivity contribution in [3.05, 3.63) is 51.3 Å². The largest absolute Gasteiger partial charge is 0.484 e. The van der Waals surface area contributed by atoms with E-state index in [0.717, 1.165) is 4.47 Å². The highest BCUT2D eigenvalue weighted by atomic mass is 79.9. The quantitative estimate of drug-likeness (QED) is 0.507. The molecule has 19 heavy (non-hydrogen) atoms. The standard InChI is InChI=1S/C12H10BrClN2O3/c13-7-1-2-9(14)10(5-7)19-6-11-8(3-4-18-11)12(17)16-15/h1-5H,6,15H2,(H,16,17). The minimum absolute atomic E-state index is 0.0753. The molecule has 0 aliphatic rings. The van der Waals surface area contributed by atoms with Crippen molar-refractivity contribution in [2.45, 2.75) is 6.61 Å². The molecule has 1 aromatic heterocycles. The van der Waals surface area contributed by atoms with E-state index in [4.69, 9.17) is 26.6 Å². The van der Waals surface area contributed by atoms with E-state index in [9.17, 15) is 4.79 Å². The first-order valence-corrected chi connectivity index (χ1v) is 6.44. The van der Waals surface area contributed by atoms with Crippen LogP contribution in [0.5, 0.6) is 5.75 Å². The van der Waals surface area contributed by atoms with E-state index in [1.54, 1.807) is 18.2 Å². The van der Waals surface area contributed by atoms with Gasteiger partial charge in [-0.3, -0.25) is 10.2 Å². The van der Waals surface area contributed by atoms with Crippen molar-refractivity contribution in [1.82, 2.24) is 5.43 Å². The lowest BCUT2D eigenvalue weighted by atomic mass is 10.2. The van der Waals surface area contributed by atoms with Crippen molar-refractivity contribution in [2.24, 2.45) is 5.84 Å². The first-order valence-electron chi connectivity index (χ1n) is 5.27. The molecule has 2 aromatic rings. The third kappa shape index (κ3) is 3.28. The summed E-state index contributed by atoms with van der Waals surface area (Å²) in [5, 5.41) is 0.472. The molecule has 0 fully saturated rings. The summed E-state index contributed by atoms with van der Waals surface area (Å²) in [6, 6.07) is 6.75. The Morgan fingerprint density at radius 1 is 1.47 bits per heavy atom. The van der Waals surface area contributed by atoms with Crippen LogP contribution in [0.3, 0.4) is 0 Å². The Hall–Kier alpha value is -1.50. The molecule has 0 unspecified atom stereocenters. The second kappa shape index (κ2) is 6.10. The number of hydrazine groups is 1. The van der Waals surface area contributed by atoms with E-state index in [2.05, 4.69) is 15.9 Å². The van der Waals surface area contributed by atoms with Crippen molar-refractivity contribution in [1.29, 1.82) is 0 Å². The van der Waals surface area contributed by atoms with Crippen molar-refractivity contribution in [3.8, 4) is 5.75 Å². The number of furan rings is 1. The fraction of sp³-hybridized carbons (Fsp3) is 0.0833. The number of amides is 1. The van der Waals surface area contributed by atoms with Gasteiger partial charge in [-0.25, -0.2) is 5.84 Å². The lowest BCUT2D eigenvalue weighted by Crippen LogP contribution is -2.30. The van der Waals surface area contributed by atoms with E-state index in [1.165, 1.54) is 12.3 Å². The molecule has 1 heterocycles. The van der Waals surface area contributed by atoms with Gasteiger partial charge in [0.15, 0.2) is 5.76 Å². The van der Waals surface area contributed by atoms with Crippen LogP contribution >= 0.6 is 27.5 Å². The molecule has 0 aliphatic carbocycles. The lowest BCUT2D eigenvalue weighted by molar-refractivity contribution is 0.0949. The predicted octanol–water partition coefficient (Wildman–Crippen LogP) is 2.88. The number of hydrogen-bond donors (Lipinski definition) is 2. The summed E-state index contributed by atoms with van der Waals surface area (Å²) >= 11 is 9.31. The van der Waals surface area contributed by atoms with E-state index < -0.39 is 5.91 Å². The number of nitrogens with two attached hydrogens (primary N) is 1. The molecule has 0 aliphatic heterocycles. The molecule has 7 heteroatoms. The van der Waals surface area contributed by atoms with Crippen molar-refractivity contribution in [3.63, 3.8) is 0 Å². The van der Waals surface area contributed by atoms with Gasteiger partial charge in [0.1, 0.15) is 12.4 Å². The summed E-state index contributed by atoms with van der Waals surface area (Å²) < 4.78 is 11.5. The highest BCUT2D eigenvalue weighted by Gasteiger charge is 2.14. The summed E-state index contributed by atoms with van der Waals surface area (Å²) in [6.07, 6.45) is 1.39. The Kier molecular flexibility index (Phi) is 4.47. The van der Waals surface area contributed by atoms with Crippen LogP contribution in [0.2, 0.25) is 5.02 Å². The SMILES string of the molecule is NNC(=O)c1ccoc1COc1cc(Br)ccc1Cl. The van der Waals surface area contributed by atoms with Crippen LogP contribution in [0, 0.1) is 0 Å². The van der Waals surface area contributed by atoms with Crippen LogP contribution in [0.4, 0.5) is 0 Å². The maximum absolute atomic E-state index is 11.4. The number of carbonyl (C=O) groups is 1. The number of ether oxygens (including phenoxy) is 1. The summed E-state index contributed by atoms with van der Waals surface area (Å²) in [5.41, 5.74) is 2.37. The summed E-state index contributed by atoms with van der Waals surface area (Å²) in [6.45, 7) is 0.0753. The van der Waals surface area contributed by atoms with Crippen LogP contribution in [-0.4, -0.2) is 5.91 Å². The molecule has 2 rings (SSSR count). The van der Waals surface area contributed by atoms with Gasteiger partial charge in [0, 0.05) is 4.47 Å². The molecule has 5 nitrogen and oxygen atoms in total. The topological polar surface area (TPSA) is 77.5 Å². The molecule has 0 atom stereocenters. The zero-order valence-electron chi connectivity index (χ0n) is 9.65.